The predicted molar refractivity (Wildman–Crippen MR) is 143 cm³/mol. The highest BCUT2D eigenvalue weighted by Crippen LogP contribution is 2.33. The first-order chi connectivity index (χ1) is 19.1. The normalized spacial score (nSPS) is 15.6. The zero-order chi connectivity index (χ0) is 28.6. The summed E-state index contributed by atoms with van der Waals surface area (Å²) in [6.07, 6.45) is -2.98. The number of hydrogen-bond acceptors (Lipinski definition) is 7. The highest BCUT2D eigenvalue weighted by molar-refractivity contribution is 7.07. The molecule has 1 aliphatic rings. The van der Waals surface area contributed by atoms with E-state index in [1.165, 1.54) is 22.8 Å². The summed E-state index contributed by atoms with van der Waals surface area (Å²) in [5.41, 5.74) is 0.395. The van der Waals surface area contributed by atoms with Crippen LogP contribution < -0.4 is 19.6 Å². The minimum absolute atomic E-state index is 0.155. The van der Waals surface area contributed by atoms with Gasteiger partial charge in [0.1, 0.15) is 17.3 Å². The van der Waals surface area contributed by atoms with E-state index in [0.29, 0.717) is 21.8 Å². The molecule has 0 saturated heterocycles. The third-order valence-electron chi connectivity index (χ3n) is 6.32. The van der Waals surface area contributed by atoms with E-state index in [1.807, 2.05) is 0 Å². The van der Waals surface area contributed by atoms with Crippen LogP contribution >= 0.6 is 11.3 Å². The molecule has 3 heterocycles. The van der Waals surface area contributed by atoms with Crippen LogP contribution in [0.1, 0.15) is 36.8 Å². The number of ether oxygens (including phenoxy) is 2. The zero-order valence-corrected chi connectivity index (χ0v) is 22.4. The van der Waals surface area contributed by atoms with Gasteiger partial charge in [0.25, 0.3) is 5.56 Å². The quantitative estimate of drug-likeness (QED) is 0.303. The fourth-order valence-electron chi connectivity index (χ4n) is 4.46. The fraction of sp³-hybridized carbons (Fsp3) is 0.207. The summed E-state index contributed by atoms with van der Waals surface area (Å²) in [4.78, 5) is 31.6. The van der Waals surface area contributed by atoms with Gasteiger partial charge in [-0.2, -0.15) is 13.2 Å². The summed E-state index contributed by atoms with van der Waals surface area (Å²) in [6, 6.07) is 14.2. The van der Waals surface area contributed by atoms with Crippen molar-refractivity contribution in [2.45, 2.75) is 26.1 Å². The Labute approximate surface area is 230 Å². The molecule has 0 aliphatic carbocycles. The molecule has 40 heavy (non-hydrogen) atoms. The molecule has 7 nitrogen and oxygen atoms in total. The van der Waals surface area contributed by atoms with Gasteiger partial charge in [-0.3, -0.25) is 9.36 Å². The Hall–Kier alpha value is -4.38. The Kier molecular flexibility index (Phi) is 7.24. The Morgan fingerprint density at radius 3 is 2.58 bits per heavy atom. The number of furan rings is 1. The summed E-state index contributed by atoms with van der Waals surface area (Å²) in [5, 5.41) is 0. The van der Waals surface area contributed by atoms with Crippen LogP contribution in [0.5, 0.6) is 5.75 Å². The maximum atomic E-state index is 13.7. The van der Waals surface area contributed by atoms with Gasteiger partial charge in [0.2, 0.25) is 0 Å². The second kappa shape index (κ2) is 10.6. The number of rotatable bonds is 6. The molecule has 5 rings (SSSR count). The lowest BCUT2D eigenvalue weighted by molar-refractivity contribution is -0.139. The van der Waals surface area contributed by atoms with Gasteiger partial charge in [0.15, 0.2) is 4.80 Å². The molecule has 4 aromatic rings. The van der Waals surface area contributed by atoms with Crippen molar-refractivity contribution < 1.29 is 31.9 Å². The third-order valence-corrected chi connectivity index (χ3v) is 7.31. The van der Waals surface area contributed by atoms with Crippen LogP contribution in [0.2, 0.25) is 0 Å². The number of carbonyl (C=O) groups is 1. The summed E-state index contributed by atoms with van der Waals surface area (Å²) >= 11 is 1.11. The van der Waals surface area contributed by atoms with E-state index < -0.39 is 29.3 Å². The number of alkyl halides is 3. The molecule has 0 amide bonds. The first-order valence-electron chi connectivity index (χ1n) is 12.2. The molecular weight excluding hydrogens is 545 g/mol. The van der Waals surface area contributed by atoms with Crippen molar-refractivity contribution >= 4 is 23.4 Å². The van der Waals surface area contributed by atoms with Crippen LogP contribution in [0.4, 0.5) is 13.2 Å². The predicted octanol–water partition coefficient (Wildman–Crippen LogP) is 5.09. The Morgan fingerprint density at radius 2 is 1.90 bits per heavy atom. The van der Waals surface area contributed by atoms with E-state index in [9.17, 15) is 22.8 Å². The molecule has 0 spiro atoms. The number of fused-ring (bicyclic) bond motifs is 1. The van der Waals surface area contributed by atoms with Crippen LogP contribution in [0, 0.1) is 0 Å². The average Bonchev–Trinajstić information content (AvgIpc) is 3.52. The lowest BCUT2D eigenvalue weighted by atomic mass is 9.96. The molecule has 0 N–H and O–H groups in total. The van der Waals surface area contributed by atoms with Crippen LogP contribution in [-0.2, 0) is 15.7 Å². The SMILES string of the molecule is CCOC(=O)C1=C(C)N=c2s/c(=C/c3ccc(-c4cccc(C(F)(F)F)c4)o3)c(=O)n2[C@H]1c1ccc(OC)cc1. The van der Waals surface area contributed by atoms with Crippen molar-refractivity contribution in [2.75, 3.05) is 13.7 Å². The van der Waals surface area contributed by atoms with Gasteiger partial charge < -0.3 is 13.9 Å². The van der Waals surface area contributed by atoms with Gasteiger partial charge in [0.05, 0.1) is 41.1 Å². The standard InChI is InChI=1S/C29H23F3N2O5S/c1-4-38-27(36)24-16(2)33-28-34(25(24)17-8-10-20(37-3)11-9-17)26(35)23(40-28)15-21-12-13-22(39-21)18-6-5-7-19(14-18)29(30,31)32/h5-15,25H,4H2,1-3H3/b23-15+/t25-/m0/s1. The monoisotopic (exact) mass is 568 g/mol. The van der Waals surface area contributed by atoms with E-state index in [4.69, 9.17) is 13.9 Å². The first kappa shape index (κ1) is 27.2. The molecule has 0 bridgehead atoms. The van der Waals surface area contributed by atoms with E-state index in [2.05, 4.69) is 4.99 Å². The first-order valence-corrected chi connectivity index (χ1v) is 13.0. The van der Waals surface area contributed by atoms with Crippen LogP contribution in [0.15, 0.2) is 86.1 Å². The Morgan fingerprint density at radius 1 is 1.15 bits per heavy atom. The Bertz CT molecular complexity index is 1800. The number of methoxy groups -OCH3 is 1. The molecule has 0 unspecified atom stereocenters. The van der Waals surface area contributed by atoms with Crippen LogP contribution in [0.25, 0.3) is 17.4 Å². The van der Waals surface area contributed by atoms with Crippen molar-refractivity contribution in [2.24, 2.45) is 4.99 Å². The molecule has 2 aromatic carbocycles. The minimum atomic E-state index is -4.49. The number of aromatic nitrogens is 1. The van der Waals surface area contributed by atoms with Crippen LogP contribution in [0.3, 0.4) is 0 Å². The summed E-state index contributed by atoms with van der Waals surface area (Å²) in [6.45, 7) is 3.54. The second-order valence-corrected chi connectivity index (χ2v) is 9.87. The number of carbonyl (C=O) groups excluding carboxylic acids is 1. The average molecular weight is 569 g/mol. The number of halogens is 3. The molecule has 0 fully saturated rings. The van der Waals surface area contributed by atoms with Crippen molar-refractivity contribution in [3.63, 3.8) is 0 Å². The number of benzene rings is 2. The van der Waals surface area contributed by atoms with Gasteiger partial charge in [-0.15, -0.1) is 0 Å². The molecule has 206 valence electrons. The number of esters is 1. The van der Waals surface area contributed by atoms with E-state index in [-0.39, 0.29) is 33.8 Å². The maximum Gasteiger partial charge on any atom is 0.416 e. The van der Waals surface area contributed by atoms with Gasteiger partial charge in [-0.1, -0.05) is 35.6 Å². The smallest absolute Gasteiger partial charge is 0.416 e. The second-order valence-electron chi connectivity index (χ2n) is 8.86. The number of nitrogens with zero attached hydrogens (tertiary/aromatic N) is 2. The maximum absolute atomic E-state index is 13.7. The van der Waals surface area contributed by atoms with E-state index in [1.54, 1.807) is 57.4 Å². The van der Waals surface area contributed by atoms with E-state index in [0.717, 1.165) is 23.5 Å². The van der Waals surface area contributed by atoms with Crippen molar-refractivity contribution in [1.82, 2.24) is 4.57 Å². The third kappa shape index (κ3) is 5.12. The minimum Gasteiger partial charge on any atom is -0.497 e. The van der Waals surface area contributed by atoms with Crippen molar-refractivity contribution in [1.29, 1.82) is 0 Å². The van der Waals surface area contributed by atoms with Crippen molar-refractivity contribution in [3.05, 3.63) is 109 Å². The van der Waals surface area contributed by atoms with Crippen molar-refractivity contribution in [3.8, 4) is 17.1 Å². The lowest BCUT2D eigenvalue weighted by Gasteiger charge is -2.24. The number of hydrogen-bond donors (Lipinski definition) is 0. The topological polar surface area (TPSA) is 83.0 Å². The number of allylic oxidation sites excluding steroid dienone is 1. The fourth-order valence-corrected chi connectivity index (χ4v) is 5.48. The molecule has 1 atom stereocenters. The summed E-state index contributed by atoms with van der Waals surface area (Å²) in [5.74, 6) is 0.543. The van der Waals surface area contributed by atoms with Gasteiger partial charge >= 0.3 is 12.1 Å². The zero-order valence-electron chi connectivity index (χ0n) is 21.6. The highest BCUT2D eigenvalue weighted by Gasteiger charge is 2.33. The Balaban J connectivity index is 1.60. The molecule has 11 heteroatoms. The summed E-state index contributed by atoms with van der Waals surface area (Å²) < 4.78 is 57.5. The van der Waals surface area contributed by atoms with Gasteiger partial charge in [-0.25, -0.2) is 9.79 Å². The van der Waals surface area contributed by atoms with Crippen LogP contribution in [-0.4, -0.2) is 24.3 Å². The largest absolute Gasteiger partial charge is 0.497 e. The summed E-state index contributed by atoms with van der Waals surface area (Å²) in [7, 11) is 1.54. The lowest BCUT2D eigenvalue weighted by Crippen LogP contribution is -2.39. The molecule has 0 radical (unpaired) electrons. The molecular formula is C29H23F3N2O5S. The molecule has 2 aromatic heterocycles. The highest BCUT2D eigenvalue weighted by atomic mass is 32.1. The molecule has 1 aliphatic heterocycles. The molecule has 0 saturated carbocycles. The van der Waals surface area contributed by atoms with Gasteiger partial charge in [-0.05, 0) is 55.8 Å². The van der Waals surface area contributed by atoms with E-state index >= 15 is 0 Å². The van der Waals surface area contributed by atoms with Gasteiger partial charge in [0, 0.05) is 11.6 Å². The number of thiazole rings is 1.